The van der Waals surface area contributed by atoms with Gasteiger partial charge in [-0.15, -0.1) is 0 Å². The van der Waals surface area contributed by atoms with Gasteiger partial charge in [-0.25, -0.2) is 0 Å². The van der Waals surface area contributed by atoms with Gasteiger partial charge in [-0.05, 0) is 6.42 Å². The number of nitroso groups, excluding NO2 is 1. The molecule has 22 heavy (non-hydrogen) atoms. The van der Waals surface area contributed by atoms with Crippen molar-refractivity contribution in [2.24, 2.45) is 21.4 Å². The molecule has 0 saturated heterocycles. The number of nitrogens with zero attached hydrogens (tertiary/aromatic N) is 3. The van der Waals surface area contributed by atoms with Crippen molar-refractivity contribution in [2.75, 3.05) is 6.54 Å². The molecule has 0 heterocycles. The molecule has 2 N–H and O–H groups in total. The van der Waals surface area contributed by atoms with Gasteiger partial charge in [0.2, 0.25) is 0 Å². The molecule has 0 amide bonds. The first kappa shape index (κ1) is 21.0. The molecule has 0 aromatic rings. The van der Waals surface area contributed by atoms with Gasteiger partial charge in [0.15, 0.2) is 0 Å². The van der Waals surface area contributed by atoms with Gasteiger partial charge in [-0.2, -0.15) is 10.0 Å². The van der Waals surface area contributed by atoms with E-state index in [2.05, 4.69) is 22.4 Å². The normalized spacial score (nSPS) is 12.8. The van der Waals surface area contributed by atoms with Gasteiger partial charge in [0, 0.05) is 0 Å². The van der Waals surface area contributed by atoms with Crippen molar-refractivity contribution in [1.82, 2.24) is 0 Å². The van der Waals surface area contributed by atoms with Gasteiger partial charge < -0.3 is 5.84 Å². The summed E-state index contributed by atoms with van der Waals surface area (Å²) in [4.78, 5) is 10.6. The Kier molecular flexibility index (Phi) is 17.2. The Morgan fingerprint density at radius 2 is 1.23 bits per heavy atom. The van der Waals surface area contributed by atoms with E-state index in [-0.39, 0.29) is 6.04 Å². The summed E-state index contributed by atoms with van der Waals surface area (Å²) in [5.41, 5.74) is 0. The molecule has 0 fully saturated rings. The van der Waals surface area contributed by atoms with Crippen LogP contribution in [0, 0.1) is 4.91 Å². The highest BCUT2D eigenvalue weighted by Gasteiger charge is 2.07. The third kappa shape index (κ3) is 15.4. The van der Waals surface area contributed by atoms with E-state index in [1.807, 2.05) is 0 Å². The Balaban J connectivity index is 3.18. The van der Waals surface area contributed by atoms with Crippen molar-refractivity contribution in [1.29, 1.82) is 0 Å². The lowest BCUT2D eigenvalue weighted by atomic mass is 10.0. The second-order valence-corrected chi connectivity index (χ2v) is 6.23. The molecule has 5 heteroatoms. The molecule has 0 aromatic carbocycles. The van der Waals surface area contributed by atoms with E-state index in [9.17, 15) is 4.91 Å². The molecule has 0 aliphatic rings. The Bertz CT molecular complexity index is 259. The molecule has 0 rings (SSSR count). The standard InChI is InChI=1S/C17H36N4O/c1-2-3-4-5-6-7-8-9-10-11-12-13-14-15-17(20-22)16-19-21-18/h17H,2-16H2,1H3,(H2,18,19). The van der Waals surface area contributed by atoms with E-state index in [1.54, 1.807) is 0 Å². The maximum absolute atomic E-state index is 10.6. The number of rotatable bonds is 17. The smallest absolute Gasteiger partial charge is 0.113 e. The van der Waals surface area contributed by atoms with Gasteiger partial charge >= 0.3 is 0 Å². The minimum atomic E-state index is -0.250. The fraction of sp³-hybridized carbons (Fsp3) is 1.00. The molecule has 0 spiro atoms. The summed E-state index contributed by atoms with van der Waals surface area (Å²) in [6.07, 6.45) is 18.1. The number of unbranched alkanes of at least 4 members (excludes halogenated alkanes) is 12. The second kappa shape index (κ2) is 18.1. The van der Waals surface area contributed by atoms with Gasteiger partial charge in [-0.1, -0.05) is 101 Å². The summed E-state index contributed by atoms with van der Waals surface area (Å²) in [5, 5.41) is 9.86. The zero-order chi connectivity index (χ0) is 16.3. The van der Waals surface area contributed by atoms with Crippen LogP contribution in [0.4, 0.5) is 0 Å². The molecule has 1 unspecified atom stereocenters. The molecule has 0 saturated carbocycles. The van der Waals surface area contributed by atoms with Crippen molar-refractivity contribution in [3.63, 3.8) is 0 Å². The molecular formula is C17H36N4O. The van der Waals surface area contributed by atoms with Crippen LogP contribution >= 0.6 is 0 Å². The molecule has 0 radical (unpaired) electrons. The lowest BCUT2D eigenvalue weighted by Gasteiger charge is -2.05. The van der Waals surface area contributed by atoms with Crippen LogP contribution in [0.1, 0.15) is 96.8 Å². The second-order valence-electron chi connectivity index (χ2n) is 6.23. The Morgan fingerprint density at radius 1 is 0.773 bits per heavy atom. The zero-order valence-electron chi connectivity index (χ0n) is 14.5. The van der Waals surface area contributed by atoms with Crippen molar-refractivity contribution in [3.8, 4) is 0 Å². The molecule has 0 bridgehead atoms. The highest BCUT2D eigenvalue weighted by Crippen LogP contribution is 2.14. The fourth-order valence-electron chi connectivity index (χ4n) is 2.72. The minimum Gasteiger partial charge on any atom is -0.305 e. The van der Waals surface area contributed by atoms with E-state index in [4.69, 9.17) is 5.84 Å². The predicted molar refractivity (Wildman–Crippen MR) is 93.8 cm³/mol. The summed E-state index contributed by atoms with van der Waals surface area (Å²) in [5.74, 6) is 4.92. The van der Waals surface area contributed by atoms with E-state index in [0.29, 0.717) is 6.54 Å². The van der Waals surface area contributed by atoms with Crippen molar-refractivity contribution in [2.45, 2.75) is 103 Å². The van der Waals surface area contributed by atoms with E-state index in [0.717, 1.165) is 12.8 Å². The third-order valence-electron chi connectivity index (χ3n) is 4.16. The largest absolute Gasteiger partial charge is 0.305 e. The van der Waals surface area contributed by atoms with Gasteiger partial charge in [0.25, 0.3) is 0 Å². The van der Waals surface area contributed by atoms with Crippen LogP contribution in [0.2, 0.25) is 0 Å². The Morgan fingerprint density at radius 3 is 1.64 bits per heavy atom. The summed E-state index contributed by atoms with van der Waals surface area (Å²) < 4.78 is 0. The summed E-state index contributed by atoms with van der Waals surface area (Å²) in [6, 6.07) is -0.250. The quantitative estimate of drug-likeness (QED) is 0.119. The first-order valence-corrected chi connectivity index (χ1v) is 9.24. The van der Waals surface area contributed by atoms with Crippen LogP contribution in [-0.4, -0.2) is 12.6 Å². The Hall–Kier alpha value is -1.00. The van der Waals surface area contributed by atoms with Crippen LogP contribution in [0.3, 0.4) is 0 Å². The van der Waals surface area contributed by atoms with E-state index >= 15 is 0 Å². The number of nitrogens with two attached hydrogens (primary N) is 1. The summed E-state index contributed by atoms with van der Waals surface area (Å²) >= 11 is 0. The van der Waals surface area contributed by atoms with Gasteiger partial charge in [0.05, 0.1) is 6.54 Å². The van der Waals surface area contributed by atoms with E-state index < -0.39 is 0 Å². The highest BCUT2D eigenvalue weighted by molar-refractivity contribution is 4.67. The highest BCUT2D eigenvalue weighted by atomic mass is 16.3. The van der Waals surface area contributed by atoms with Crippen LogP contribution in [0.5, 0.6) is 0 Å². The summed E-state index contributed by atoms with van der Waals surface area (Å²) in [6.45, 7) is 2.60. The molecule has 0 aromatic heterocycles. The average Bonchev–Trinajstić information content (AvgIpc) is 2.54. The van der Waals surface area contributed by atoms with Crippen molar-refractivity contribution in [3.05, 3.63) is 4.91 Å². The first-order valence-electron chi connectivity index (χ1n) is 9.24. The van der Waals surface area contributed by atoms with Gasteiger partial charge in [-0.3, -0.25) is 0 Å². The van der Waals surface area contributed by atoms with Crippen LogP contribution < -0.4 is 5.84 Å². The monoisotopic (exact) mass is 312 g/mol. The topological polar surface area (TPSA) is 80.2 Å². The molecule has 5 nitrogen and oxygen atoms in total. The fourth-order valence-corrected chi connectivity index (χ4v) is 2.72. The van der Waals surface area contributed by atoms with Crippen LogP contribution in [0.25, 0.3) is 0 Å². The zero-order valence-corrected chi connectivity index (χ0v) is 14.5. The summed E-state index contributed by atoms with van der Waals surface area (Å²) in [7, 11) is 0. The predicted octanol–water partition coefficient (Wildman–Crippen LogP) is 5.93. The van der Waals surface area contributed by atoms with Crippen molar-refractivity contribution >= 4 is 0 Å². The molecular weight excluding hydrogens is 276 g/mol. The number of hydrogen-bond acceptors (Lipinski definition) is 4. The maximum Gasteiger partial charge on any atom is 0.113 e. The third-order valence-corrected chi connectivity index (χ3v) is 4.16. The lowest BCUT2D eigenvalue weighted by molar-refractivity contribution is 0.516. The number of hydrogen-bond donors (Lipinski definition) is 1. The van der Waals surface area contributed by atoms with Crippen LogP contribution in [0.15, 0.2) is 15.5 Å². The molecule has 1 atom stereocenters. The first-order chi connectivity index (χ1) is 10.8. The molecule has 130 valence electrons. The SMILES string of the molecule is CCCCCCCCCCCCCCCC(CN=NN)N=O. The molecule has 0 aliphatic carbocycles. The van der Waals surface area contributed by atoms with E-state index in [1.165, 1.54) is 77.0 Å². The molecule has 0 aliphatic heterocycles. The average molecular weight is 313 g/mol. The minimum absolute atomic E-state index is 0.250. The van der Waals surface area contributed by atoms with Gasteiger partial charge in [0.1, 0.15) is 6.04 Å². The van der Waals surface area contributed by atoms with Crippen molar-refractivity contribution < 1.29 is 0 Å². The lowest BCUT2D eigenvalue weighted by Crippen LogP contribution is -2.07. The Labute approximate surface area is 136 Å². The maximum atomic E-state index is 10.6. The van der Waals surface area contributed by atoms with Crippen LogP contribution in [-0.2, 0) is 0 Å².